The molecule has 1 aliphatic rings. The van der Waals surface area contributed by atoms with Gasteiger partial charge in [0.2, 0.25) is 0 Å². The molecule has 0 fully saturated rings. The topological polar surface area (TPSA) is 62.0 Å². The normalized spacial score (nSPS) is 14.9. The molecule has 0 radical (unpaired) electrons. The summed E-state index contributed by atoms with van der Waals surface area (Å²) in [6.45, 7) is 1.90. The van der Waals surface area contributed by atoms with Gasteiger partial charge < -0.3 is 10.3 Å². The standard InChI is InChI=1S/C19H13FN2O2/c1-10-13-5-3-12(23)4-6-14(13)18(21-10)9-16-15-8-11(20)2-7-17(15)22-19(16)24/h2-9,21H,1H3,(H,22,24)/b16-9-. The number of carbonyl (C=O) groups excluding carboxylic acids is 1. The summed E-state index contributed by atoms with van der Waals surface area (Å²) in [4.78, 5) is 27.0. The van der Waals surface area contributed by atoms with Gasteiger partial charge in [0.1, 0.15) is 5.82 Å². The second kappa shape index (κ2) is 5.16. The summed E-state index contributed by atoms with van der Waals surface area (Å²) in [5, 5.41) is 4.46. The highest BCUT2D eigenvalue weighted by molar-refractivity contribution is 6.35. The van der Waals surface area contributed by atoms with Gasteiger partial charge in [0.25, 0.3) is 5.91 Å². The van der Waals surface area contributed by atoms with Crippen LogP contribution in [0.4, 0.5) is 10.1 Å². The van der Waals surface area contributed by atoms with Crippen molar-refractivity contribution >= 4 is 34.0 Å². The number of anilines is 1. The minimum absolute atomic E-state index is 0.0878. The zero-order chi connectivity index (χ0) is 16.8. The van der Waals surface area contributed by atoms with Crippen LogP contribution in [0, 0.1) is 12.7 Å². The maximum atomic E-state index is 13.5. The van der Waals surface area contributed by atoms with E-state index in [1.807, 2.05) is 6.92 Å². The lowest BCUT2D eigenvalue weighted by Crippen LogP contribution is -2.03. The number of fused-ring (bicyclic) bond motifs is 2. The Kier molecular flexibility index (Phi) is 3.09. The first-order valence-electron chi connectivity index (χ1n) is 7.48. The van der Waals surface area contributed by atoms with E-state index in [0.29, 0.717) is 22.5 Å². The van der Waals surface area contributed by atoms with Crippen molar-refractivity contribution in [2.45, 2.75) is 6.92 Å². The molecule has 0 aliphatic carbocycles. The van der Waals surface area contributed by atoms with Crippen molar-refractivity contribution in [2.24, 2.45) is 0 Å². The van der Waals surface area contributed by atoms with E-state index in [2.05, 4.69) is 10.3 Å². The van der Waals surface area contributed by atoms with E-state index < -0.39 is 5.82 Å². The molecule has 0 atom stereocenters. The lowest BCUT2D eigenvalue weighted by Gasteiger charge is -1.98. The number of carbonyl (C=O) groups is 1. The molecule has 0 unspecified atom stereocenters. The first-order chi connectivity index (χ1) is 11.5. The van der Waals surface area contributed by atoms with Crippen LogP contribution in [0.5, 0.6) is 0 Å². The lowest BCUT2D eigenvalue weighted by atomic mass is 10.0. The average molecular weight is 320 g/mol. The van der Waals surface area contributed by atoms with Gasteiger partial charge in [-0.05, 0) is 55.5 Å². The monoisotopic (exact) mass is 320 g/mol. The summed E-state index contributed by atoms with van der Waals surface area (Å²) >= 11 is 0. The van der Waals surface area contributed by atoms with E-state index in [0.717, 1.165) is 16.5 Å². The summed E-state index contributed by atoms with van der Waals surface area (Å²) in [6.07, 6.45) is 1.69. The summed E-state index contributed by atoms with van der Waals surface area (Å²) in [5.41, 5.74) is 3.03. The first kappa shape index (κ1) is 14.4. The van der Waals surface area contributed by atoms with Gasteiger partial charge in [-0.1, -0.05) is 0 Å². The first-order valence-corrected chi connectivity index (χ1v) is 7.48. The molecule has 2 N–H and O–H groups in total. The minimum atomic E-state index is -0.397. The molecule has 4 nitrogen and oxygen atoms in total. The third-order valence-corrected chi connectivity index (χ3v) is 4.19. The molecule has 24 heavy (non-hydrogen) atoms. The number of hydrogen-bond acceptors (Lipinski definition) is 2. The highest BCUT2D eigenvalue weighted by Gasteiger charge is 2.25. The molecule has 5 heteroatoms. The number of nitrogens with one attached hydrogen (secondary N) is 2. The van der Waals surface area contributed by atoms with Gasteiger partial charge in [-0.2, -0.15) is 0 Å². The highest BCUT2D eigenvalue weighted by Crippen LogP contribution is 2.34. The van der Waals surface area contributed by atoms with Crippen molar-refractivity contribution in [1.82, 2.24) is 4.98 Å². The van der Waals surface area contributed by atoms with Crippen LogP contribution in [-0.4, -0.2) is 10.9 Å². The Balaban J connectivity index is 1.96. The molecule has 1 aliphatic heterocycles. The van der Waals surface area contributed by atoms with Crippen molar-refractivity contribution < 1.29 is 9.18 Å². The van der Waals surface area contributed by atoms with Crippen LogP contribution >= 0.6 is 0 Å². The predicted octanol–water partition coefficient (Wildman–Crippen LogP) is 3.47. The average Bonchev–Trinajstić information content (AvgIpc) is 2.91. The van der Waals surface area contributed by atoms with Crippen molar-refractivity contribution in [3.63, 3.8) is 0 Å². The SMILES string of the molecule is Cc1[nH]c(/C=C2\C(=O)Nc3ccc(F)cc32)c2ccc(=O)ccc12. The third-order valence-electron chi connectivity index (χ3n) is 4.19. The second-order valence-electron chi connectivity index (χ2n) is 5.76. The van der Waals surface area contributed by atoms with E-state index in [9.17, 15) is 14.0 Å². The largest absolute Gasteiger partial charge is 0.358 e. The molecule has 1 aromatic heterocycles. The molecular weight excluding hydrogens is 307 g/mol. The molecule has 0 saturated carbocycles. The molecule has 3 aromatic rings. The van der Waals surface area contributed by atoms with E-state index >= 15 is 0 Å². The quantitative estimate of drug-likeness (QED) is 0.674. The molecule has 2 heterocycles. The maximum Gasteiger partial charge on any atom is 0.256 e. The maximum absolute atomic E-state index is 13.5. The summed E-state index contributed by atoms with van der Waals surface area (Å²) < 4.78 is 13.5. The number of aromatic nitrogens is 1. The van der Waals surface area contributed by atoms with Crippen LogP contribution in [0.3, 0.4) is 0 Å². The summed E-state index contributed by atoms with van der Waals surface area (Å²) in [5.74, 6) is -0.674. The number of hydrogen-bond donors (Lipinski definition) is 2. The number of aryl methyl sites for hydroxylation is 1. The molecule has 1 amide bonds. The Morgan fingerprint density at radius 1 is 1.00 bits per heavy atom. The Bertz CT molecular complexity index is 1100. The van der Waals surface area contributed by atoms with Gasteiger partial charge in [-0.25, -0.2) is 4.39 Å². The Hall–Kier alpha value is -3.21. The smallest absolute Gasteiger partial charge is 0.256 e. The van der Waals surface area contributed by atoms with Crippen LogP contribution in [0.25, 0.3) is 22.4 Å². The molecule has 0 spiro atoms. The highest BCUT2D eigenvalue weighted by atomic mass is 19.1. The van der Waals surface area contributed by atoms with Crippen LogP contribution in [-0.2, 0) is 4.79 Å². The minimum Gasteiger partial charge on any atom is -0.358 e. The fourth-order valence-electron chi connectivity index (χ4n) is 3.03. The number of rotatable bonds is 1. The van der Waals surface area contributed by atoms with Crippen LogP contribution in [0.2, 0.25) is 0 Å². The Morgan fingerprint density at radius 2 is 1.75 bits per heavy atom. The van der Waals surface area contributed by atoms with Crippen molar-refractivity contribution in [2.75, 3.05) is 5.32 Å². The number of aromatic amines is 1. The van der Waals surface area contributed by atoms with Gasteiger partial charge >= 0.3 is 0 Å². The number of H-pyrrole nitrogens is 1. The van der Waals surface area contributed by atoms with E-state index in [1.165, 1.54) is 24.3 Å². The summed E-state index contributed by atoms with van der Waals surface area (Å²) in [7, 11) is 0. The molecule has 0 saturated heterocycles. The zero-order valence-corrected chi connectivity index (χ0v) is 12.8. The van der Waals surface area contributed by atoms with Gasteiger partial charge in [0.15, 0.2) is 5.43 Å². The Morgan fingerprint density at radius 3 is 2.54 bits per heavy atom. The van der Waals surface area contributed by atoms with Gasteiger partial charge in [-0.15, -0.1) is 0 Å². The molecule has 2 aromatic carbocycles. The van der Waals surface area contributed by atoms with Gasteiger partial charge in [-0.3, -0.25) is 9.59 Å². The van der Waals surface area contributed by atoms with Crippen LogP contribution < -0.4 is 10.7 Å². The van der Waals surface area contributed by atoms with Crippen LogP contribution in [0.15, 0.2) is 47.3 Å². The number of halogens is 1. The second-order valence-corrected chi connectivity index (χ2v) is 5.76. The predicted molar refractivity (Wildman–Crippen MR) is 92.2 cm³/mol. The van der Waals surface area contributed by atoms with Crippen LogP contribution in [0.1, 0.15) is 17.0 Å². The fraction of sp³-hybridized carbons (Fsp3) is 0.0526. The number of benzene rings is 1. The summed E-state index contributed by atoms with van der Waals surface area (Å²) in [6, 6.07) is 10.7. The zero-order valence-electron chi connectivity index (χ0n) is 12.8. The van der Waals surface area contributed by atoms with Crippen molar-refractivity contribution in [3.8, 4) is 0 Å². The van der Waals surface area contributed by atoms with E-state index in [-0.39, 0.29) is 11.3 Å². The van der Waals surface area contributed by atoms with Crippen molar-refractivity contribution in [1.29, 1.82) is 0 Å². The third kappa shape index (κ3) is 2.22. The lowest BCUT2D eigenvalue weighted by molar-refractivity contribution is -0.110. The molecule has 118 valence electrons. The molecule has 4 rings (SSSR count). The molecular formula is C19H13FN2O2. The fourth-order valence-corrected chi connectivity index (χ4v) is 3.03. The van der Waals surface area contributed by atoms with Crippen molar-refractivity contribution in [3.05, 3.63) is 75.5 Å². The molecule has 0 bridgehead atoms. The Labute approximate surface area is 136 Å². The van der Waals surface area contributed by atoms with E-state index in [1.54, 1.807) is 24.3 Å². The van der Waals surface area contributed by atoms with Gasteiger partial charge in [0, 0.05) is 33.4 Å². The van der Waals surface area contributed by atoms with Gasteiger partial charge in [0.05, 0.1) is 5.57 Å². The number of amides is 1. The van der Waals surface area contributed by atoms with E-state index in [4.69, 9.17) is 0 Å².